The molecule has 10 atom stereocenters. The SMILES string of the molecule is C=C(COC(C)=O)C12OC(CCCC)O[C@@H]1CC1C3CCC4=CC(=O)C=CC4(C)[C@H]3C(OPn3ccnc3)CC12C. The first-order valence-corrected chi connectivity index (χ1v) is 16.0. The van der Waals surface area contributed by atoms with Crippen LogP contribution < -0.4 is 0 Å². The molecule has 222 valence electrons. The maximum Gasteiger partial charge on any atom is 0.302 e. The van der Waals surface area contributed by atoms with Gasteiger partial charge in [-0.05, 0) is 68.1 Å². The van der Waals surface area contributed by atoms with Crippen molar-refractivity contribution in [1.29, 1.82) is 0 Å². The molecule has 1 aromatic rings. The van der Waals surface area contributed by atoms with Crippen LogP contribution in [0.15, 0.2) is 54.7 Å². The van der Waals surface area contributed by atoms with Crippen LogP contribution in [0.25, 0.3) is 0 Å². The lowest BCUT2D eigenvalue weighted by Gasteiger charge is -2.61. The second kappa shape index (κ2) is 10.9. The number of aromatic nitrogens is 2. The summed E-state index contributed by atoms with van der Waals surface area (Å²) in [7, 11) is 0.0957. The van der Waals surface area contributed by atoms with Gasteiger partial charge < -0.3 is 18.7 Å². The van der Waals surface area contributed by atoms with Crippen LogP contribution in [-0.2, 0) is 28.3 Å². The molecule has 0 bridgehead atoms. The summed E-state index contributed by atoms with van der Waals surface area (Å²) in [6, 6.07) is 0. The molecule has 9 heteroatoms. The van der Waals surface area contributed by atoms with Crippen LogP contribution in [0.3, 0.4) is 0 Å². The topological polar surface area (TPSA) is 88.9 Å². The zero-order valence-electron chi connectivity index (χ0n) is 24.6. The fourth-order valence-electron chi connectivity index (χ4n) is 9.10. The predicted molar refractivity (Wildman–Crippen MR) is 156 cm³/mol. The van der Waals surface area contributed by atoms with E-state index in [4.69, 9.17) is 18.7 Å². The zero-order valence-corrected chi connectivity index (χ0v) is 25.6. The van der Waals surface area contributed by atoms with Gasteiger partial charge in [0.1, 0.15) is 21.2 Å². The third-order valence-electron chi connectivity index (χ3n) is 10.8. The summed E-state index contributed by atoms with van der Waals surface area (Å²) in [5, 5.41) is 0. The molecule has 2 heterocycles. The van der Waals surface area contributed by atoms with Gasteiger partial charge in [-0.1, -0.05) is 45.4 Å². The molecule has 8 nitrogen and oxygen atoms in total. The summed E-state index contributed by atoms with van der Waals surface area (Å²) < 4.78 is 28.1. The van der Waals surface area contributed by atoms with Crippen molar-refractivity contribution in [3.63, 3.8) is 0 Å². The Hall–Kier alpha value is -2.12. The lowest BCUT2D eigenvalue weighted by atomic mass is 9.46. The van der Waals surface area contributed by atoms with Crippen LogP contribution in [0.1, 0.15) is 72.6 Å². The zero-order chi connectivity index (χ0) is 29.0. The maximum absolute atomic E-state index is 12.4. The molecule has 41 heavy (non-hydrogen) atoms. The number of hydrogen-bond acceptors (Lipinski definition) is 7. The average Bonchev–Trinajstić information content (AvgIpc) is 3.64. The molecule has 0 radical (unpaired) electrons. The predicted octanol–water partition coefficient (Wildman–Crippen LogP) is 5.94. The second-order valence-corrected chi connectivity index (χ2v) is 14.0. The molecule has 0 N–H and O–H groups in total. The molecule has 1 saturated heterocycles. The van der Waals surface area contributed by atoms with Crippen molar-refractivity contribution in [2.24, 2.45) is 28.6 Å². The van der Waals surface area contributed by atoms with Crippen LogP contribution in [0.4, 0.5) is 0 Å². The number of rotatable bonds is 9. The van der Waals surface area contributed by atoms with Crippen molar-refractivity contribution in [2.75, 3.05) is 6.61 Å². The molecule has 1 aromatic heterocycles. The van der Waals surface area contributed by atoms with Crippen molar-refractivity contribution < 1.29 is 28.3 Å². The van der Waals surface area contributed by atoms with Crippen LogP contribution in [0.5, 0.6) is 0 Å². The van der Waals surface area contributed by atoms with Crippen LogP contribution in [0.2, 0.25) is 0 Å². The Bertz CT molecular complexity index is 1260. The molecule has 6 rings (SSSR count). The van der Waals surface area contributed by atoms with E-state index in [9.17, 15) is 9.59 Å². The number of allylic oxidation sites excluding steroid dienone is 4. The van der Waals surface area contributed by atoms with Gasteiger partial charge in [0.15, 0.2) is 12.1 Å². The van der Waals surface area contributed by atoms with E-state index in [0.29, 0.717) is 11.8 Å². The Morgan fingerprint density at radius 1 is 1.34 bits per heavy atom. The molecule has 1 aliphatic heterocycles. The van der Waals surface area contributed by atoms with Gasteiger partial charge in [0.2, 0.25) is 0 Å². The van der Waals surface area contributed by atoms with Gasteiger partial charge in [-0.3, -0.25) is 13.9 Å². The maximum atomic E-state index is 12.4. The first-order valence-electron chi connectivity index (χ1n) is 15.1. The number of carbonyl (C=O) groups excluding carboxylic acids is 2. The second-order valence-electron chi connectivity index (χ2n) is 13.0. The van der Waals surface area contributed by atoms with Gasteiger partial charge in [-0.25, -0.2) is 4.98 Å². The molecule has 4 aliphatic carbocycles. The quantitative estimate of drug-likeness (QED) is 0.202. The van der Waals surface area contributed by atoms with Crippen molar-refractivity contribution in [3.05, 3.63) is 54.7 Å². The standard InChI is InChI=1S/C32H43N2O6P/c1-6-7-8-28-38-27-16-25-24-10-9-22-15-23(36)11-12-30(22,4)29(24)26(40-41-34-14-13-33-19-34)17-31(25,5)32(27,39-28)20(2)18-37-21(3)35/h11-15,19,24-29,41H,2,6-10,16-18H2,1,3-5H3/t24?,25?,26?,27-,28?,29-,30?,31?,32?/m1/s1. The number of carbonyl (C=O) groups is 2. The number of unbranched alkanes of at least 4 members (excludes halogenated alkanes) is 1. The van der Waals surface area contributed by atoms with Crippen molar-refractivity contribution >= 4 is 20.7 Å². The minimum Gasteiger partial charge on any atom is -0.461 e. The van der Waals surface area contributed by atoms with Crippen LogP contribution >= 0.6 is 8.96 Å². The molecule has 0 amide bonds. The number of hydrogen-bond donors (Lipinski definition) is 0. The highest BCUT2D eigenvalue weighted by Crippen LogP contribution is 2.71. The van der Waals surface area contributed by atoms with Crippen molar-refractivity contribution in [3.8, 4) is 0 Å². The number of esters is 1. The minimum absolute atomic E-state index is 0.0744. The Morgan fingerprint density at radius 3 is 2.90 bits per heavy atom. The highest BCUT2D eigenvalue weighted by atomic mass is 31.1. The molecule has 8 unspecified atom stereocenters. The van der Waals surface area contributed by atoms with E-state index in [2.05, 4.69) is 38.4 Å². The smallest absolute Gasteiger partial charge is 0.302 e. The first kappa shape index (κ1) is 29.0. The molecular formula is C32H43N2O6P. The molecule has 0 spiro atoms. The lowest BCUT2D eigenvalue weighted by molar-refractivity contribution is -0.182. The summed E-state index contributed by atoms with van der Waals surface area (Å²) in [6.07, 6.45) is 17.1. The van der Waals surface area contributed by atoms with Crippen LogP contribution in [-0.4, -0.2) is 51.8 Å². The van der Waals surface area contributed by atoms with E-state index in [0.717, 1.165) is 50.5 Å². The largest absolute Gasteiger partial charge is 0.461 e. The van der Waals surface area contributed by atoms with Crippen molar-refractivity contribution in [1.82, 2.24) is 9.32 Å². The summed E-state index contributed by atoms with van der Waals surface area (Å²) in [4.78, 5) is 28.5. The van der Waals surface area contributed by atoms with Gasteiger partial charge in [0.25, 0.3) is 0 Å². The molecule has 5 aliphatic rings. The normalized spacial score (nSPS) is 41.1. The fourth-order valence-corrected chi connectivity index (χ4v) is 9.83. The number of ether oxygens (including phenoxy) is 3. The molecule has 3 saturated carbocycles. The Labute approximate surface area is 244 Å². The number of fused-ring (bicyclic) bond motifs is 7. The molecule has 0 aromatic carbocycles. The van der Waals surface area contributed by atoms with Crippen LogP contribution in [0, 0.1) is 28.6 Å². The monoisotopic (exact) mass is 582 g/mol. The Morgan fingerprint density at radius 2 is 2.17 bits per heavy atom. The van der Waals surface area contributed by atoms with E-state index in [1.165, 1.54) is 12.5 Å². The summed E-state index contributed by atoms with van der Waals surface area (Å²) in [6.45, 7) is 12.8. The van der Waals surface area contributed by atoms with E-state index in [1.54, 1.807) is 18.6 Å². The summed E-state index contributed by atoms with van der Waals surface area (Å²) >= 11 is 0. The van der Waals surface area contributed by atoms with E-state index in [1.807, 2.05) is 16.6 Å². The summed E-state index contributed by atoms with van der Waals surface area (Å²) in [5.74, 6) is 0.598. The molecule has 4 fully saturated rings. The third kappa shape index (κ3) is 4.61. The highest BCUT2D eigenvalue weighted by molar-refractivity contribution is 7.30. The van der Waals surface area contributed by atoms with Gasteiger partial charge in [-0.2, -0.15) is 0 Å². The first-order chi connectivity index (χ1) is 19.6. The Kier molecular flexibility index (Phi) is 7.67. The van der Waals surface area contributed by atoms with E-state index < -0.39 is 5.60 Å². The fraction of sp³-hybridized carbons (Fsp3) is 0.656. The van der Waals surface area contributed by atoms with Gasteiger partial charge >= 0.3 is 5.97 Å². The van der Waals surface area contributed by atoms with E-state index >= 15 is 0 Å². The van der Waals surface area contributed by atoms with Gasteiger partial charge in [0.05, 0.1) is 18.5 Å². The van der Waals surface area contributed by atoms with Crippen molar-refractivity contribution in [2.45, 2.75) is 96.7 Å². The lowest BCUT2D eigenvalue weighted by Crippen LogP contribution is -2.61. The number of nitrogens with zero attached hydrogens (tertiary/aromatic N) is 2. The number of imidazole rings is 1. The summed E-state index contributed by atoms with van der Waals surface area (Å²) in [5.41, 5.74) is 0.626. The van der Waals surface area contributed by atoms with Gasteiger partial charge in [-0.15, -0.1) is 0 Å². The van der Waals surface area contributed by atoms with E-state index in [-0.39, 0.29) is 62.6 Å². The van der Waals surface area contributed by atoms with Gasteiger partial charge in [0, 0.05) is 36.1 Å². The third-order valence-corrected chi connectivity index (χ3v) is 11.7. The number of ketones is 1. The minimum atomic E-state index is -0.772. The average molecular weight is 583 g/mol. The molecular weight excluding hydrogens is 539 g/mol. The highest BCUT2D eigenvalue weighted by Gasteiger charge is 2.74. The Balaban J connectivity index is 1.40.